The van der Waals surface area contributed by atoms with Gasteiger partial charge in [0.25, 0.3) is 11.1 Å². The third kappa shape index (κ3) is 5.43. The van der Waals surface area contributed by atoms with Crippen molar-refractivity contribution < 1.29 is 18.7 Å². The fraction of sp³-hybridized carbons (Fsp3) is 0.0800. The van der Waals surface area contributed by atoms with Gasteiger partial charge in [-0.15, -0.1) is 0 Å². The maximum atomic E-state index is 13.0. The molecule has 4 rings (SSSR count). The average Bonchev–Trinajstić information content (AvgIpc) is 3.07. The Morgan fingerprint density at radius 3 is 2.58 bits per heavy atom. The third-order valence-electron chi connectivity index (χ3n) is 4.90. The first-order valence-corrected chi connectivity index (χ1v) is 11.7. The molecule has 0 aromatic heterocycles. The van der Waals surface area contributed by atoms with Gasteiger partial charge in [-0.25, -0.2) is 4.39 Å². The highest BCUT2D eigenvalue weighted by Crippen LogP contribution is 2.34. The minimum atomic E-state index is -0.385. The number of hydrogen-bond acceptors (Lipinski definition) is 5. The van der Waals surface area contributed by atoms with Crippen molar-refractivity contribution in [3.05, 3.63) is 103 Å². The van der Waals surface area contributed by atoms with Crippen LogP contribution in [0.4, 0.5) is 9.18 Å². The van der Waals surface area contributed by atoms with Crippen molar-refractivity contribution in [2.45, 2.75) is 13.2 Å². The summed E-state index contributed by atoms with van der Waals surface area (Å²) in [5.41, 5.74) is 2.67. The fourth-order valence-electron chi connectivity index (χ4n) is 3.19. The molecular weight excluding hydrogens is 554 g/mol. The first kappa shape index (κ1) is 23.0. The van der Waals surface area contributed by atoms with E-state index in [1.165, 1.54) is 12.1 Å². The molecule has 0 radical (unpaired) electrons. The second-order valence-electron chi connectivity index (χ2n) is 7.14. The van der Waals surface area contributed by atoms with E-state index >= 15 is 0 Å². The number of ether oxygens (including phenoxy) is 1. The molecule has 0 saturated carbocycles. The van der Waals surface area contributed by atoms with E-state index in [2.05, 4.69) is 28.7 Å². The molecule has 8 heteroatoms. The standard InChI is InChI=1S/C25H16FIN2O3S/c26-20-8-5-16(6-9-20)15-32-22-10-7-17(11-21(22)27)12-23-24(30)29(25(31)33-23)14-19-4-2-1-3-18(19)13-28/h1-12H,14-15H2/b23-12+. The van der Waals surface area contributed by atoms with Crippen LogP contribution in [0.5, 0.6) is 5.75 Å². The minimum Gasteiger partial charge on any atom is -0.488 e. The van der Waals surface area contributed by atoms with Crippen molar-refractivity contribution in [1.82, 2.24) is 4.90 Å². The van der Waals surface area contributed by atoms with Crippen molar-refractivity contribution in [1.29, 1.82) is 5.26 Å². The van der Waals surface area contributed by atoms with Crippen LogP contribution in [0.25, 0.3) is 6.08 Å². The van der Waals surface area contributed by atoms with Crippen LogP contribution in [0.2, 0.25) is 0 Å². The van der Waals surface area contributed by atoms with Crippen LogP contribution < -0.4 is 4.74 Å². The number of hydrogen-bond donors (Lipinski definition) is 0. The lowest BCUT2D eigenvalue weighted by Crippen LogP contribution is -2.27. The maximum absolute atomic E-state index is 13.0. The first-order valence-electron chi connectivity index (χ1n) is 9.85. The Kier molecular flexibility index (Phi) is 7.11. The number of rotatable bonds is 6. The van der Waals surface area contributed by atoms with Gasteiger partial charge >= 0.3 is 0 Å². The van der Waals surface area contributed by atoms with Crippen LogP contribution in [0, 0.1) is 20.7 Å². The number of amides is 2. The zero-order chi connectivity index (χ0) is 23.4. The molecule has 1 aliphatic heterocycles. The van der Waals surface area contributed by atoms with Gasteiger partial charge in [-0.05, 0) is 87.5 Å². The van der Waals surface area contributed by atoms with Gasteiger partial charge < -0.3 is 4.74 Å². The van der Waals surface area contributed by atoms with Gasteiger partial charge in [0.05, 0.1) is 26.7 Å². The summed E-state index contributed by atoms with van der Waals surface area (Å²) in [6.45, 7) is 0.359. The number of nitrogens with zero attached hydrogens (tertiary/aromatic N) is 2. The molecule has 0 aliphatic carbocycles. The van der Waals surface area contributed by atoms with E-state index in [9.17, 15) is 19.2 Å². The molecule has 3 aromatic carbocycles. The summed E-state index contributed by atoms with van der Waals surface area (Å²) >= 11 is 3.02. The molecule has 1 heterocycles. The SMILES string of the molecule is N#Cc1ccccc1CN1C(=O)S/C(=C/c2ccc(OCc3ccc(F)cc3)c(I)c2)C1=O. The van der Waals surface area contributed by atoms with Gasteiger partial charge in [0.1, 0.15) is 18.2 Å². The van der Waals surface area contributed by atoms with E-state index in [1.54, 1.807) is 54.6 Å². The van der Waals surface area contributed by atoms with Gasteiger partial charge in [0.15, 0.2) is 0 Å². The molecule has 1 saturated heterocycles. The number of carbonyl (C=O) groups is 2. The highest BCUT2D eigenvalue weighted by Gasteiger charge is 2.35. The fourth-order valence-corrected chi connectivity index (χ4v) is 4.72. The van der Waals surface area contributed by atoms with Crippen molar-refractivity contribution in [2.24, 2.45) is 0 Å². The summed E-state index contributed by atoms with van der Waals surface area (Å²) in [6, 6.07) is 20.6. The van der Waals surface area contributed by atoms with Gasteiger partial charge in [-0.3, -0.25) is 14.5 Å². The maximum Gasteiger partial charge on any atom is 0.293 e. The lowest BCUT2D eigenvalue weighted by Gasteiger charge is -2.13. The van der Waals surface area contributed by atoms with Crippen LogP contribution in [-0.2, 0) is 17.9 Å². The van der Waals surface area contributed by atoms with Crippen LogP contribution in [0.1, 0.15) is 22.3 Å². The lowest BCUT2D eigenvalue weighted by atomic mass is 10.1. The van der Waals surface area contributed by atoms with Gasteiger partial charge in [0, 0.05) is 0 Å². The zero-order valence-electron chi connectivity index (χ0n) is 17.1. The van der Waals surface area contributed by atoms with E-state index in [0.29, 0.717) is 28.4 Å². The topological polar surface area (TPSA) is 70.4 Å². The Morgan fingerprint density at radius 1 is 1.09 bits per heavy atom. The van der Waals surface area contributed by atoms with Crippen molar-refractivity contribution >= 4 is 51.6 Å². The summed E-state index contributed by atoms with van der Waals surface area (Å²) in [5, 5.41) is 8.88. The minimum absolute atomic E-state index is 0.0550. The van der Waals surface area contributed by atoms with Crippen LogP contribution >= 0.6 is 34.4 Å². The summed E-state index contributed by atoms with van der Waals surface area (Å²) in [6.07, 6.45) is 1.67. The summed E-state index contributed by atoms with van der Waals surface area (Å²) in [5.74, 6) is -0.0148. The molecule has 0 spiro atoms. The zero-order valence-corrected chi connectivity index (χ0v) is 20.1. The summed E-state index contributed by atoms with van der Waals surface area (Å²) in [7, 11) is 0. The molecule has 33 heavy (non-hydrogen) atoms. The third-order valence-corrected chi connectivity index (χ3v) is 6.65. The molecular formula is C25H16FIN2O3S. The number of halogens is 2. The quantitative estimate of drug-likeness (QED) is 0.264. The van der Waals surface area contributed by atoms with Crippen LogP contribution in [0.15, 0.2) is 71.6 Å². The first-order chi connectivity index (χ1) is 15.9. The Balaban J connectivity index is 1.46. The van der Waals surface area contributed by atoms with Crippen LogP contribution in [-0.4, -0.2) is 16.0 Å². The highest BCUT2D eigenvalue weighted by atomic mass is 127. The predicted octanol–water partition coefficient (Wildman–Crippen LogP) is 6.12. The number of carbonyl (C=O) groups excluding carboxylic acids is 2. The summed E-state index contributed by atoms with van der Waals surface area (Å²) in [4.78, 5) is 26.8. The molecule has 2 amide bonds. The Bertz CT molecular complexity index is 1300. The molecule has 164 valence electrons. The van der Waals surface area contributed by atoms with Crippen molar-refractivity contribution in [3.63, 3.8) is 0 Å². The largest absolute Gasteiger partial charge is 0.488 e. The molecule has 0 atom stereocenters. The smallest absolute Gasteiger partial charge is 0.293 e. The van der Waals surface area contributed by atoms with Gasteiger partial charge in [0.2, 0.25) is 0 Å². The number of benzene rings is 3. The predicted molar refractivity (Wildman–Crippen MR) is 133 cm³/mol. The molecule has 1 aliphatic rings. The van der Waals surface area contributed by atoms with Gasteiger partial charge in [-0.1, -0.05) is 36.4 Å². The van der Waals surface area contributed by atoms with E-state index < -0.39 is 0 Å². The lowest BCUT2D eigenvalue weighted by molar-refractivity contribution is -0.123. The molecule has 1 fully saturated rings. The Hall–Kier alpha value is -3.16. The van der Waals surface area contributed by atoms with Crippen LogP contribution in [0.3, 0.4) is 0 Å². The van der Waals surface area contributed by atoms with E-state index in [4.69, 9.17) is 4.74 Å². The van der Waals surface area contributed by atoms with E-state index in [0.717, 1.165) is 31.4 Å². The second kappa shape index (κ2) is 10.2. The average molecular weight is 570 g/mol. The van der Waals surface area contributed by atoms with E-state index in [-0.39, 0.29) is 23.5 Å². The monoisotopic (exact) mass is 570 g/mol. The molecule has 0 N–H and O–H groups in total. The van der Waals surface area contributed by atoms with Crippen molar-refractivity contribution in [3.8, 4) is 11.8 Å². The Labute approximate surface area is 208 Å². The van der Waals surface area contributed by atoms with E-state index in [1.807, 2.05) is 6.07 Å². The second-order valence-corrected chi connectivity index (χ2v) is 9.30. The molecule has 0 bridgehead atoms. The number of nitriles is 1. The number of thioether (sulfide) groups is 1. The normalized spacial score (nSPS) is 14.6. The molecule has 3 aromatic rings. The summed E-state index contributed by atoms with van der Waals surface area (Å²) < 4.78 is 19.7. The highest BCUT2D eigenvalue weighted by molar-refractivity contribution is 14.1. The molecule has 0 unspecified atom stereocenters. The number of imide groups is 1. The molecule has 5 nitrogen and oxygen atoms in total. The van der Waals surface area contributed by atoms with Gasteiger partial charge in [-0.2, -0.15) is 5.26 Å². The van der Waals surface area contributed by atoms with Crippen molar-refractivity contribution in [2.75, 3.05) is 0 Å². The Morgan fingerprint density at radius 2 is 1.85 bits per heavy atom.